The van der Waals surface area contributed by atoms with Gasteiger partial charge in [-0.2, -0.15) is 0 Å². The van der Waals surface area contributed by atoms with E-state index in [1.807, 2.05) is 0 Å². The van der Waals surface area contributed by atoms with E-state index in [2.05, 4.69) is 22.0 Å². The van der Waals surface area contributed by atoms with Gasteiger partial charge in [0.15, 0.2) is 0 Å². The normalized spacial score (nSPS) is 9.43. The third-order valence-corrected chi connectivity index (χ3v) is 2.05. The number of nitrogens with one attached hydrogen (secondary N) is 1. The van der Waals surface area contributed by atoms with Crippen LogP contribution in [0.3, 0.4) is 0 Å². The van der Waals surface area contributed by atoms with Gasteiger partial charge in [0.2, 0.25) is 0 Å². The summed E-state index contributed by atoms with van der Waals surface area (Å²) in [7, 11) is 4.07. The van der Waals surface area contributed by atoms with Crippen LogP contribution in [0.5, 0.6) is 0 Å². The monoisotopic (exact) mass is 128 g/mol. The molecule has 0 aliphatic rings. The molecule has 0 rings (SSSR count). The maximum absolute atomic E-state index is 3.18. The lowest BCUT2D eigenvalue weighted by Crippen LogP contribution is -2.13. The van der Waals surface area contributed by atoms with Gasteiger partial charge < -0.3 is 4.65 Å². The molecule has 0 spiro atoms. The molecule has 1 nitrogen and oxygen atoms in total. The summed E-state index contributed by atoms with van der Waals surface area (Å²) < 4.78 is 2.94. The van der Waals surface area contributed by atoms with Crippen LogP contribution in [0.1, 0.15) is 19.8 Å². The lowest BCUT2D eigenvalue weighted by atomic mass is 10.4. The average molecular weight is 128 g/mol. The van der Waals surface area contributed by atoms with Crippen molar-refractivity contribution in [2.75, 3.05) is 0 Å². The zero-order chi connectivity index (χ0) is 5.54. The molecule has 7 heavy (non-hydrogen) atoms. The Labute approximate surface area is 51.3 Å². The molecule has 0 unspecified atom stereocenters. The number of hydrogen-bond acceptors (Lipinski definition) is 1. The quantitative estimate of drug-likeness (QED) is 0.429. The molecule has 39 valence electrons. The Morgan fingerprint density at radius 1 is 1.71 bits per heavy atom. The second-order valence-corrected chi connectivity index (χ2v) is 3.26. The molecule has 0 aliphatic carbocycles. The molecule has 1 N–H and O–H groups in total. The fourth-order valence-electron chi connectivity index (χ4n) is 0.328. The summed E-state index contributed by atoms with van der Waals surface area (Å²) in [6, 6.07) is 1.31. The van der Waals surface area contributed by atoms with Crippen molar-refractivity contribution < 1.29 is 0 Å². The van der Waals surface area contributed by atoms with Crippen molar-refractivity contribution in [3.63, 3.8) is 0 Å². The summed E-state index contributed by atoms with van der Waals surface area (Å²) in [5.41, 5.74) is 0. The van der Waals surface area contributed by atoms with Crippen molar-refractivity contribution in [3.8, 4) is 0 Å². The minimum atomic E-state index is 0.885. The van der Waals surface area contributed by atoms with Crippen LogP contribution in [0, 0.1) is 0 Å². The zero-order valence-electron chi connectivity index (χ0n) is 4.62. The minimum absolute atomic E-state index is 0.885. The fraction of sp³-hybridized carbons (Fsp3) is 1.00. The summed E-state index contributed by atoms with van der Waals surface area (Å²) >= 11 is 0. The Morgan fingerprint density at radius 3 is 2.86 bits per heavy atom. The maximum Gasteiger partial charge on any atom is 0.132 e. The van der Waals surface area contributed by atoms with Gasteiger partial charge in [0.25, 0.3) is 0 Å². The zero-order valence-corrected chi connectivity index (χ0v) is 6.62. The van der Waals surface area contributed by atoms with Crippen molar-refractivity contribution in [2.45, 2.75) is 25.8 Å². The topological polar surface area (TPSA) is 12.0 Å². The molecule has 0 aliphatic heterocycles. The molecule has 0 saturated carbocycles. The summed E-state index contributed by atoms with van der Waals surface area (Å²) in [5, 5.41) is 0. The summed E-state index contributed by atoms with van der Waals surface area (Å²) in [4.78, 5) is 0. The minimum Gasteiger partial charge on any atom is -0.365 e. The molecule has 3 heteroatoms. The van der Waals surface area contributed by atoms with Gasteiger partial charge in [0, 0.05) is 0 Å². The van der Waals surface area contributed by atoms with E-state index in [1.165, 1.54) is 18.9 Å². The third kappa shape index (κ3) is 6.39. The summed E-state index contributed by atoms with van der Waals surface area (Å²) in [5.74, 6) is 0. The van der Waals surface area contributed by atoms with E-state index in [1.54, 1.807) is 0 Å². The molecule has 0 heterocycles. The highest BCUT2D eigenvalue weighted by molar-refractivity contribution is 6.41. The van der Waals surface area contributed by atoms with Crippen molar-refractivity contribution in [1.82, 2.24) is 4.65 Å². The molecule has 0 aromatic carbocycles. The van der Waals surface area contributed by atoms with Crippen molar-refractivity contribution in [3.05, 3.63) is 0 Å². The van der Waals surface area contributed by atoms with E-state index < -0.39 is 0 Å². The van der Waals surface area contributed by atoms with E-state index in [9.17, 15) is 0 Å². The SMILES string of the molecule is CCCC[Si]N[Si]. The largest absolute Gasteiger partial charge is 0.365 e. The van der Waals surface area contributed by atoms with Crippen LogP contribution in [0.2, 0.25) is 6.04 Å². The maximum atomic E-state index is 3.18. The highest BCUT2D eigenvalue weighted by atomic mass is 28.3. The van der Waals surface area contributed by atoms with Crippen molar-refractivity contribution >= 4 is 20.1 Å². The van der Waals surface area contributed by atoms with Crippen LogP contribution < -0.4 is 4.65 Å². The molecule has 0 saturated heterocycles. The van der Waals surface area contributed by atoms with E-state index in [0.717, 1.165) is 9.68 Å². The van der Waals surface area contributed by atoms with Crippen LogP contribution in [0.25, 0.3) is 0 Å². The summed E-state index contributed by atoms with van der Waals surface area (Å²) in [6.45, 7) is 2.21. The third-order valence-electron chi connectivity index (χ3n) is 0.744. The molecule has 0 amide bonds. The van der Waals surface area contributed by atoms with E-state index in [4.69, 9.17) is 0 Å². The second-order valence-electron chi connectivity index (χ2n) is 1.41. The van der Waals surface area contributed by atoms with E-state index in [0.29, 0.717) is 0 Å². The van der Waals surface area contributed by atoms with Crippen LogP contribution in [0.4, 0.5) is 0 Å². The van der Waals surface area contributed by atoms with Gasteiger partial charge in [0.1, 0.15) is 20.1 Å². The van der Waals surface area contributed by atoms with Gasteiger partial charge in [-0.3, -0.25) is 0 Å². The van der Waals surface area contributed by atoms with Gasteiger partial charge in [-0.1, -0.05) is 19.8 Å². The molecular weight excluding hydrogens is 118 g/mol. The first-order chi connectivity index (χ1) is 3.41. The average Bonchev–Trinajstić information content (AvgIpc) is 1.69. The van der Waals surface area contributed by atoms with Crippen molar-refractivity contribution in [2.24, 2.45) is 0 Å². The van der Waals surface area contributed by atoms with E-state index >= 15 is 0 Å². The predicted molar refractivity (Wildman–Crippen MR) is 34.4 cm³/mol. The first-order valence-electron chi connectivity index (χ1n) is 2.56. The fourth-order valence-corrected chi connectivity index (χ4v) is 1.36. The standard InChI is InChI=1S/C4H10NSi2/c1-2-3-4-7-5-6/h5H,2-4H2,1H3. The number of rotatable bonds is 4. The Kier molecular flexibility index (Phi) is 6.75. The Bertz CT molecular complexity index is 28.9. The first-order valence-corrected chi connectivity index (χ1v) is 4.27. The molecule has 0 fully saturated rings. The molecule has 0 aromatic rings. The van der Waals surface area contributed by atoms with Gasteiger partial charge in [-0.15, -0.1) is 0 Å². The van der Waals surface area contributed by atoms with Crippen LogP contribution in [-0.2, 0) is 0 Å². The first kappa shape index (κ1) is 7.39. The van der Waals surface area contributed by atoms with E-state index in [-0.39, 0.29) is 0 Å². The van der Waals surface area contributed by atoms with Crippen LogP contribution in [-0.4, -0.2) is 20.1 Å². The molecule has 0 aromatic heterocycles. The molecule has 0 atom stereocenters. The second kappa shape index (κ2) is 6.39. The van der Waals surface area contributed by atoms with Crippen LogP contribution in [0.15, 0.2) is 0 Å². The Balaban J connectivity index is 2.45. The van der Waals surface area contributed by atoms with Gasteiger partial charge in [-0.25, -0.2) is 0 Å². The van der Waals surface area contributed by atoms with Crippen molar-refractivity contribution in [1.29, 1.82) is 0 Å². The van der Waals surface area contributed by atoms with Gasteiger partial charge in [0.05, 0.1) is 0 Å². The van der Waals surface area contributed by atoms with Gasteiger partial charge >= 0.3 is 0 Å². The smallest absolute Gasteiger partial charge is 0.132 e. The molecule has 0 bridgehead atoms. The summed E-state index contributed by atoms with van der Waals surface area (Å²) in [6.07, 6.45) is 2.65. The Hall–Kier alpha value is 0.394. The molecule has 5 radical (unpaired) electrons. The van der Waals surface area contributed by atoms with Crippen LogP contribution >= 0.6 is 0 Å². The molecular formula is C4H10NSi2. The predicted octanol–water partition coefficient (Wildman–Crippen LogP) is 0.497. The highest BCUT2D eigenvalue weighted by Crippen LogP contribution is 1.89. The highest BCUT2D eigenvalue weighted by Gasteiger charge is 1.81. The number of unbranched alkanes of at least 4 members (excludes halogenated alkanes) is 1. The lowest BCUT2D eigenvalue weighted by Gasteiger charge is -1.90. The van der Waals surface area contributed by atoms with Gasteiger partial charge in [-0.05, 0) is 6.04 Å². The number of hydrogen-bond donors (Lipinski definition) is 1. The Morgan fingerprint density at radius 2 is 2.43 bits per heavy atom. The lowest BCUT2D eigenvalue weighted by molar-refractivity contribution is 0.877.